The summed E-state index contributed by atoms with van der Waals surface area (Å²) < 4.78 is 5.44. The highest BCUT2D eigenvalue weighted by atomic mass is 16.5. The maximum absolute atomic E-state index is 7.58. The summed E-state index contributed by atoms with van der Waals surface area (Å²) in [7, 11) is 0. The van der Waals surface area contributed by atoms with Gasteiger partial charge < -0.3 is 15.0 Å². The first kappa shape index (κ1) is 18.7. The fourth-order valence-electron chi connectivity index (χ4n) is 3.17. The number of anilines is 3. The Morgan fingerprint density at radius 1 is 1.07 bits per heavy atom. The summed E-state index contributed by atoms with van der Waals surface area (Å²) >= 11 is 0. The number of hydrogen-bond donors (Lipinski definition) is 3. The maximum Gasteiger partial charge on any atom is 0.227 e. The molecule has 1 aliphatic heterocycles. The number of morpholine rings is 1. The molecule has 2 aromatic carbocycles. The van der Waals surface area contributed by atoms with E-state index in [0.29, 0.717) is 11.5 Å². The van der Waals surface area contributed by atoms with Crippen molar-refractivity contribution in [3.8, 4) is 11.3 Å². The van der Waals surface area contributed by atoms with Gasteiger partial charge in [0.2, 0.25) is 5.95 Å². The number of aromatic nitrogens is 2. The van der Waals surface area contributed by atoms with E-state index in [1.54, 1.807) is 18.3 Å². The van der Waals surface area contributed by atoms with Gasteiger partial charge in [-0.25, -0.2) is 15.5 Å². The first-order valence-corrected chi connectivity index (χ1v) is 9.32. The lowest BCUT2D eigenvalue weighted by molar-refractivity contribution is 0.122. The van der Waals surface area contributed by atoms with Gasteiger partial charge in [-0.05, 0) is 42.5 Å². The molecule has 3 aromatic rings. The highest BCUT2D eigenvalue weighted by Gasteiger charge is 2.12. The number of rotatable bonds is 5. The van der Waals surface area contributed by atoms with Crippen LogP contribution in [0.1, 0.15) is 5.56 Å². The summed E-state index contributed by atoms with van der Waals surface area (Å²) in [6, 6.07) is 17.3. The molecule has 0 aliphatic carbocycles. The second-order valence-electron chi connectivity index (χ2n) is 6.58. The minimum Gasteiger partial charge on any atom is -0.378 e. The molecule has 4 rings (SSSR count). The van der Waals surface area contributed by atoms with Crippen molar-refractivity contribution in [2.24, 2.45) is 5.11 Å². The van der Waals surface area contributed by atoms with Gasteiger partial charge in [0.25, 0.3) is 0 Å². The Bertz CT molecular complexity index is 1010. The standard InChI is InChI=1S/C21H21N7O/c22-20(27-23)15-4-6-17(7-5-15)25-21-24-9-8-19(26-21)16-2-1-3-18(14-16)28-10-12-29-13-11-28/h1-9,14,22-23H,10-13H2,(H,24,25,26). The Morgan fingerprint density at radius 3 is 2.62 bits per heavy atom. The van der Waals surface area contributed by atoms with Crippen molar-refractivity contribution >= 4 is 23.2 Å². The van der Waals surface area contributed by atoms with Crippen LogP contribution in [0.4, 0.5) is 17.3 Å². The van der Waals surface area contributed by atoms with Crippen molar-refractivity contribution in [2.45, 2.75) is 0 Å². The van der Waals surface area contributed by atoms with Crippen LogP contribution < -0.4 is 10.2 Å². The Balaban J connectivity index is 1.53. The third-order valence-corrected chi connectivity index (χ3v) is 4.70. The molecule has 8 nitrogen and oxygen atoms in total. The maximum atomic E-state index is 7.58. The van der Waals surface area contributed by atoms with E-state index < -0.39 is 0 Å². The van der Waals surface area contributed by atoms with Gasteiger partial charge in [0.05, 0.1) is 18.9 Å². The first-order valence-electron chi connectivity index (χ1n) is 9.32. The third kappa shape index (κ3) is 4.44. The fraction of sp³-hybridized carbons (Fsp3) is 0.190. The summed E-state index contributed by atoms with van der Waals surface area (Å²) in [4.78, 5) is 11.3. The smallest absolute Gasteiger partial charge is 0.227 e. The second kappa shape index (κ2) is 8.57. The summed E-state index contributed by atoms with van der Waals surface area (Å²) in [5.74, 6) is 0.419. The summed E-state index contributed by atoms with van der Waals surface area (Å²) in [5.41, 5.74) is 11.3. The Hall–Kier alpha value is -3.65. The van der Waals surface area contributed by atoms with Gasteiger partial charge in [-0.2, -0.15) is 0 Å². The van der Waals surface area contributed by atoms with E-state index in [4.69, 9.17) is 15.7 Å². The molecular formula is C21H21N7O. The van der Waals surface area contributed by atoms with Crippen molar-refractivity contribution in [1.29, 1.82) is 10.9 Å². The number of benzene rings is 2. The molecule has 1 aromatic heterocycles. The third-order valence-electron chi connectivity index (χ3n) is 4.70. The van der Waals surface area contributed by atoms with Crippen LogP contribution in [0.3, 0.4) is 0 Å². The molecule has 1 aliphatic rings. The van der Waals surface area contributed by atoms with Crippen LogP contribution in [0.5, 0.6) is 0 Å². The Kier molecular flexibility index (Phi) is 5.53. The van der Waals surface area contributed by atoms with Crippen LogP contribution in [0.15, 0.2) is 65.9 Å². The fourth-order valence-corrected chi connectivity index (χ4v) is 3.17. The number of nitrogens with zero attached hydrogens (tertiary/aromatic N) is 4. The van der Waals surface area contributed by atoms with Crippen LogP contribution >= 0.6 is 0 Å². The molecule has 0 radical (unpaired) electrons. The van der Waals surface area contributed by atoms with Gasteiger partial charge in [-0.15, -0.1) is 5.11 Å². The van der Waals surface area contributed by atoms with Crippen LogP contribution in [-0.2, 0) is 4.74 Å². The quantitative estimate of drug-likeness (QED) is 0.347. The van der Waals surface area contributed by atoms with Crippen molar-refractivity contribution < 1.29 is 4.74 Å². The van der Waals surface area contributed by atoms with Crippen LogP contribution in [0.2, 0.25) is 0 Å². The molecule has 0 saturated carbocycles. The summed E-state index contributed by atoms with van der Waals surface area (Å²) in [5, 5.41) is 13.9. The molecule has 0 spiro atoms. The predicted octanol–water partition coefficient (Wildman–Crippen LogP) is 4.08. The van der Waals surface area contributed by atoms with Crippen LogP contribution in [0, 0.1) is 10.9 Å². The van der Waals surface area contributed by atoms with Crippen molar-refractivity contribution in [3.63, 3.8) is 0 Å². The van der Waals surface area contributed by atoms with Crippen molar-refractivity contribution in [1.82, 2.24) is 9.97 Å². The summed E-state index contributed by atoms with van der Waals surface area (Å²) in [6.07, 6.45) is 1.73. The number of hydrogen-bond acceptors (Lipinski definition) is 7. The van der Waals surface area contributed by atoms with Gasteiger partial charge in [-0.1, -0.05) is 12.1 Å². The Labute approximate surface area is 168 Å². The largest absolute Gasteiger partial charge is 0.378 e. The molecule has 0 atom stereocenters. The molecule has 146 valence electrons. The highest BCUT2D eigenvalue weighted by molar-refractivity contribution is 5.96. The highest BCUT2D eigenvalue weighted by Crippen LogP contribution is 2.25. The predicted molar refractivity (Wildman–Crippen MR) is 112 cm³/mol. The summed E-state index contributed by atoms with van der Waals surface area (Å²) in [6.45, 7) is 3.28. The zero-order chi connectivity index (χ0) is 20.1. The molecule has 29 heavy (non-hydrogen) atoms. The van der Waals surface area contributed by atoms with Crippen LogP contribution in [-0.4, -0.2) is 42.1 Å². The molecule has 2 heterocycles. The van der Waals surface area contributed by atoms with E-state index in [9.17, 15) is 0 Å². The lowest BCUT2D eigenvalue weighted by Gasteiger charge is -2.29. The van der Waals surface area contributed by atoms with Gasteiger partial charge in [0.15, 0.2) is 5.84 Å². The average molecular weight is 387 g/mol. The first-order chi connectivity index (χ1) is 14.2. The zero-order valence-electron chi connectivity index (χ0n) is 15.8. The number of amidine groups is 1. The SMILES string of the molecule is N=NC(=N)c1ccc(Nc2nccc(-c3cccc(N4CCOCC4)c3)n2)cc1. The van der Waals surface area contributed by atoms with Crippen molar-refractivity contribution in [3.05, 3.63) is 66.4 Å². The van der Waals surface area contributed by atoms with E-state index in [0.717, 1.165) is 48.9 Å². The van der Waals surface area contributed by atoms with Gasteiger partial charge >= 0.3 is 0 Å². The molecule has 8 heteroatoms. The van der Waals surface area contributed by atoms with E-state index in [1.807, 2.05) is 30.3 Å². The molecule has 0 bridgehead atoms. The lowest BCUT2D eigenvalue weighted by Crippen LogP contribution is -2.36. The van der Waals surface area contributed by atoms with Gasteiger partial charge in [-0.3, -0.25) is 5.41 Å². The van der Waals surface area contributed by atoms with Crippen molar-refractivity contribution in [2.75, 3.05) is 36.5 Å². The lowest BCUT2D eigenvalue weighted by atomic mass is 10.1. The molecule has 0 unspecified atom stereocenters. The number of nitrogens with one attached hydrogen (secondary N) is 3. The molecule has 0 amide bonds. The Morgan fingerprint density at radius 2 is 1.86 bits per heavy atom. The normalized spacial score (nSPS) is 13.7. The topological polar surface area (TPSA) is 110 Å². The van der Waals surface area contributed by atoms with Gasteiger partial charge in [0.1, 0.15) is 0 Å². The van der Waals surface area contributed by atoms with E-state index in [1.165, 1.54) is 0 Å². The number of ether oxygens (including phenoxy) is 1. The zero-order valence-corrected chi connectivity index (χ0v) is 15.8. The molecule has 1 saturated heterocycles. The monoisotopic (exact) mass is 387 g/mol. The van der Waals surface area contributed by atoms with Crippen LogP contribution in [0.25, 0.3) is 11.3 Å². The average Bonchev–Trinajstić information content (AvgIpc) is 2.80. The minimum absolute atomic E-state index is 0.0741. The van der Waals surface area contributed by atoms with E-state index in [2.05, 4.69) is 37.4 Å². The second-order valence-corrected chi connectivity index (χ2v) is 6.58. The molecule has 1 fully saturated rings. The minimum atomic E-state index is -0.0741. The van der Waals surface area contributed by atoms with E-state index in [-0.39, 0.29) is 5.84 Å². The van der Waals surface area contributed by atoms with E-state index >= 15 is 0 Å². The molecule has 3 N–H and O–H groups in total. The molecular weight excluding hydrogens is 366 g/mol. The van der Waals surface area contributed by atoms with Gasteiger partial charge in [0, 0.05) is 41.8 Å².